The van der Waals surface area contributed by atoms with E-state index in [9.17, 15) is 4.79 Å². The summed E-state index contributed by atoms with van der Waals surface area (Å²) in [6, 6.07) is 7.82. The number of carbonyl (C=O) groups excluding carboxylic acids is 1. The van der Waals surface area contributed by atoms with E-state index < -0.39 is 0 Å². The first-order valence-corrected chi connectivity index (χ1v) is 8.94. The first-order chi connectivity index (χ1) is 10.2. The molecule has 0 bridgehead atoms. The standard InChI is InChI=1S/C12H14BrNO.3C2H6/c1-3-12(15)14(4-2)11-7-5-10(9-13)6-8-11;3*1-2/h4-8H,2-3,9H2,1H3;3*1-2H3. The van der Waals surface area contributed by atoms with Crippen molar-refractivity contribution in [3.63, 3.8) is 0 Å². The highest BCUT2D eigenvalue weighted by Gasteiger charge is 2.09. The van der Waals surface area contributed by atoms with E-state index in [1.165, 1.54) is 5.56 Å². The average Bonchev–Trinajstić information content (AvgIpc) is 2.61. The van der Waals surface area contributed by atoms with Gasteiger partial charge in [0.05, 0.1) is 0 Å². The van der Waals surface area contributed by atoms with E-state index in [2.05, 4.69) is 22.5 Å². The summed E-state index contributed by atoms with van der Waals surface area (Å²) < 4.78 is 0. The molecule has 0 atom stereocenters. The van der Waals surface area contributed by atoms with Crippen molar-refractivity contribution in [3.05, 3.63) is 42.6 Å². The molecule has 2 nitrogen and oxygen atoms in total. The Bertz CT molecular complexity index is 347. The van der Waals surface area contributed by atoms with Crippen LogP contribution in [-0.4, -0.2) is 5.91 Å². The van der Waals surface area contributed by atoms with Gasteiger partial charge in [0.1, 0.15) is 0 Å². The van der Waals surface area contributed by atoms with Gasteiger partial charge >= 0.3 is 0 Å². The molecule has 0 aliphatic heterocycles. The van der Waals surface area contributed by atoms with Crippen LogP contribution in [0.25, 0.3) is 0 Å². The predicted molar refractivity (Wildman–Crippen MR) is 101 cm³/mol. The maximum Gasteiger partial charge on any atom is 0.230 e. The molecular weight excluding hydrogens is 326 g/mol. The van der Waals surface area contributed by atoms with Gasteiger partial charge in [0.15, 0.2) is 0 Å². The van der Waals surface area contributed by atoms with Gasteiger partial charge in [-0.15, -0.1) is 0 Å². The van der Waals surface area contributed by atoms with E-state index in [0.29, 0.717) is 6.42 Å². The first kappa shape index (κ1) is 24.9. The summed E-state index contributed by atoms with van der Waals surface area (Å²) in [6.45, 7) is 17.5. The van der Waals surface area contributed by atoms with Crippen LogP contribution in [0.4, 0.5) is 5.69 Å². The SMILES string of the molecule is C=CN(C(=O)CC)c1ccc(CBr)cc1.CC.CC.CC. The normalized spacial score (nSPS) is 7.81. The van der Waals surface area contributed by atoms with Crippen molar-refractivity contribution in [2.45, 2.75) is 60.2 Å². The second kappa shape index (κ2) is 18.9. The van der Waals surface area contributed by atoms with Crippen molar-refractivity contribution in [2.24, 2.45) is 0 Å². The number of carbonyl (C=O) groups is 1. The number of rotatable bonds is 4. The third-order valence-electron chi connectivity index (χ3n) is 2.12. The van der Waals surface area contributed by atoms with Crippen LogP contribution in [0.1, 0.15) is 60.5 Å². The monoisotopic (exact) mass is 357 g/mol. The van der Waals surface area contributed by atoms with E-state index in [1.807, 2.05) is 72.7 Å². The van der Waals surface area contributed by atoms with Gasteiger partial charge in [-0.1, -0.05) is 83.1 Å². The predicted octanol–water partition coefficient (Wildman–Crippen LogP) is 6.55. The highest BCUT2D eigenvalue weighted by Crippen LogP contribution is 2.17. The van der Waals surface area contributed by atoms with Gasteiger partial charge in [0, 0.05) is 23.6 Å². The number of amides is 1. The Balaban J connectivity index is -0.000000478. The molecule has 1 amide bonds. The molecule has 1 aromatic rings. The van der Waals surface area contributed by atoms with Crippen LogP contribution in [0, 0.1) is 0 Å². The van der Waals surface area contributed by atoms with E-state index in [4.69, 9.17) is 0 Å². The fourth-order valence-corrected chi connectivity index (χ4v) is 1.64. The van der Waals surface area contributed by atoms with Gasteiger partial charge in [0.25, 0.3) is 0 Å². The maximum absolute atomic E-state index is 11.5. The smallest absolute Gasteiger partial charge is 0.230 e. The van der Waals surface area contributed by atoms with Crippen LogP contribution in [0.3, 0.4) is 0 Å². The number of halogens is 1. The fraction of sp³-hybridized carbons (Fsp3) is 0.500. The zero-order valence-corrected chi connectivity index (χ0v) is 16.3. The molecule has 0 heterocycles. The molecule has 0 radical (unpaired) electrons. The molecule has 0 aliphatic carbocycles. The minimum Gasteiger partial charge on any atom is -0.288 e. The second-order valence-corrected chi connectivity index (χ2v) is 3.66. The Morgan fingerprint density at radius 3 is 1.81 bits per heavy atom. The zero-order valence-electron chi connectivity index (χ0n) is 14.7. The number of anilines is 1. The molecule has 0 saturated carbocycles. The van der Waals surface area contributed by atoms with Crippen molar-refractivity contribution in [3.8, 4) is 0 Å². The minimum atomic E-state index is 0.0524. The average molecular weight is 358 g/mol. The molecule has 0 fully saturated rings. The Morgan fingerprint density at radius 2 is 1.52 bits per heavy atom. The molecule has 0 spiro atoms. The molecule has 122 valence electrons. The molecule has 0 N–H and O–H groups in total. The van der Waals surface area contributed by atoms with Gasteiger partial charge in [0.2, 0.25) is 5.91 Å². The van der Waals surface area contributed by atoms with E-state index >= 15 is 0 Å². The van der Waals surface area contributed by atoms with Gasteiger partial charge < -0.3 is 0 Å². The van der Waals surface area contributed by atoms with Crippen LogP contribution >= 0.6 is 15.9 Å². The molecular formula is C18H32BrNO. The Hall–Kier alpha value is -1.09. The van der Waals surface area contributed by atoms with Gasteiger partial charge in [-0.2, -0.15) is 0 Å². The molecule has 3 heteroatoms. The lowest BCUT2D eigenvalue weighted by Gasteiger charge is -2.17. The van der Waals surface area contributed by atoms with Gasteiger partial charge in [-0.05, 0) is 17.7 Å². The third kappa shape index (κ3) is 10.3. The molecule has 0 aliphatic rings. The summed E-state index contributed by atoms with van der Waals surface area (Å²) >= 11 is 3.38. The van der Waals surface area contributed by atoms with Crippen LogP contribution in [0.5, 0.6) is 0 Å². The molecule has 0 unspecified atom stereocenters. The highest BCUT2D eigenvalue weighted by molar-refractivity contribution is 9.08. The summed E-state index contributed by atoms with van der Waals surface area (Å²) in [5.41, 5.74) is 2.05. The summed E-state index contributed by atoms with van der Waals surface area (Å²) in [5, 5.41) is 0.823. The zero-order chi connectivity index (χ0) is 17.3. The lowest BCUT2D eigenvalue weighted by molar-refractivity contribution is -0.117. The third-order valence-corrected chi connectivity index (χ3v) is 2.77. The van der Waals surface area contributed by atoms with Crippen LogP contribution < -0.4 is 4.90 Å². The summed E-state index contributed by atoms with van der Waals surface area (Å²) in [7, 11) is 0. The molecule has 0 aromatic heterocycles. The molecule has 1 rings (SSSR count). The van der Waals surface area contributed by atoms with Crippen LogP contribution in [0.15, 0.2) is 37.0 Å². The number of alkyl halides is 1. The topological polar surface area (TPSA) is 20.3 Å². The van der Waals surface area contributed by atoms with Crippen LogP contribution in [-0.2, 0) is 10.1 Å². The van der Waals surface area contributed by atoms with Crippen molar-refractivity contribution in [1.29, 1.82) is 0 Å². The lowest BCUT2D eigenvalue weighted by atomic mass is 10.2. The highest BCUT2D eigenvalue weighted by atomic mass is 79.9. The van der Waals surface area contributed by atoms with Crippen molar-refractivity contribution >= 4 is 27.5 Å². The van der Waals surface area contributed by atoms with Crippen molar-refractivity contribution < 1.29 is 4.79 Å². The summed E-state index contributed by atoms with van der Waals surface area (Å²) in [5.74, 6) is 0.0524. The molecule has 0 saturated heterocycles. The van der Waals surface area contributed by atoms with Gasteiger partial charge in [-0.25, -0.2) is 0 Å². The molecule has 1 aromatic carbocycles. The quantitative estimate of drug-likeness (QED) is 0.559. The Labute approximate surface area is 140 Å². The number of benzene rings is 1. The van der Waals surface area contributed by atoms with E-state index in [-0.39, 0.29) is 5.91 Å². The van der Waals surface area contributed by atoms with Crippen molar-refractivity contribution in [2.75, 3.05) is 4.90 Å². The Morgan fingerprint density at radius 1 is 1.10 bits per heavy atom. The second-order valence-electron chi connectivity index (χ2n) is 3.10. The van der Waals surface area contributed by atoms with E-state index in [0.717, 1.165) is 11.0 Å². The summed E-state index contributed by atoms with van der Waals surface area (Å²) in [4.78, 5) is 13.1. The number of hydrogen-bond acceptors (Lipinski definition) is 1. The molecule has 21 heavy (non-hydrogen) atoms. The number of hydrogen-bond donors (Lipinski definition) is 0. The summed E-state index contributed by atoms with van der Waals surface area (Å²) in [6.07, 6.45) is 2.03. The Kier molecular flexibility index (Phi) is 22.4. The lowest BCUT2D eigenvalue weighted by Crippen LogP contribution is -2.23. The van der Waals surface area contributed by atoms with E-state index in [1.54, 1.807) is 11.1 Å². The number of nitrogens with zero attached hydrogens (tertiary/aromatic N) is 1. The fourth-order valence-electron chi connectivity index (χ4n) is 1.27. The van der Waals surface area contributed by atoms with Gasteiger partial charge in [-0.3, -0.25) is 9.69 Å². The van der Waals surface area contributed by atoms with Crippen LogP contribution in [0.2, 0.25) is 0 Å². The minimum absolute atomic E-state index is 0.0524. The first-order valence-electron chi connectivity index (χ1n) is 7.82. The van der Waals surface area contributed by atoms with Crippen molar-refractivity contribution in [1.82, 2.24) is 0 Å². The maximum atomic E-state index is 11.5. The largest absolute Gasteiger partial charge is 0.288 e.